The molecular weight excluding hydrogens is 356 g/mol. The van der Waals surface area contributed by atoms with Gasteiger partial charge in [-0.2, -0.15) is 8.78 Å². The number of amides is 1. The third-order valence-electron chi connectivity index (χ3n) is 5.25. The van der Waals surface area contributed by atoms with Crippen molar-refractivity contribution in [3.63, 3.8) is 0 Å². The molecule has 0 aromatic heterocycles. The molecule has 3 unspecified atom stereocenters. The number of nitrogens with one attached hydrogen (secondary N) is 1. The molecule has 0 radical (unpaired) electrons. The summed E-state index contributed by atoms with van der Waals surface area (Å²) in [7, 11) is -5.57. The zero-order valence-electron chi connectivity index (χ0n) is 14.2. The van der Waals surface area contributed by atoms with Crippen molar-refractivity contribution in [3.05, 3.63) is 0 Å². The van der Waals surface area contributed by atoms with E-state index in [0.717, 1.165) is 12.3 Å². The molecule has 146 valence electrons. The van der Waals surface area contributed by atoms with Crippen molar-refractivity contribution in [2.24, 2.45) is 11.8 Å². The van der Waals surface area contributed by atoms with E-state index in [9.17, 15) is 26.5 Å². The second-order valence-electron chi connectivity index (χ2n) is 7.17. The second kappa shape index (κ2) is 8.62. The molecule has 0 spiro atoms. The third kappa shape index (κ3) is 6.06. The highest BCUT2D eigenvalue weighted by molar-refractivity contribution is 7.86. The molecular formula is C16H26F2NO5S-. The van der Waals surface area contributed by atoms with Crippen LogP contribution in [0.15, 0.2) is 0 Å². The Kier molecular flexibility index (Phi) is 7.01. The van der Waals surface area contributed by atoms with Crippen LogP contribution in [0.2, 0.25) is 0 Å². The van der Waals surface area contributed by atoms with E-state index in [0.29, 0.717) is 31.6 Å². The van der Waals surface area contributed by atoms with Crippen LogP contribution in [0.3, 0.4) is 0 Å². The van der Waals surface area contributed by atoms with Crippen molar-refractivity contribution in [1.82, 2.24) is 5.32 Å². The zero-order valence-corrected chi connectivity index (χ0v) is 15.0. The molecule has 2 fully saturated rings. The minimum atomic E-state index is -5.57. The molecule has 0 aliphatic heterocycles. The Morgan fingerprint density at radius 3 is 2.40 bits per heavy atom. The summed E-state index contributed by atoms with van der Waals surface area (Å²) in [6.07, 6.45) is 5.68. The van der Waals surface area contributed by atoms with Gasteiger partial charge in [-0.1, -0.05) is 25.7 Å². The molecule has 2 aliphatic rings. The number of ether oxygens (including phenoxy) is 1. The number of fused-ring (bicyclic) bond motifs is 2. The van der Waals surface area contributed by atoms with Crippen molar-refractivity contribution in [2.75, 3.05) is 6.61 Å². The predicted octanol–water partition coefficient (Wildman–Crippen LogP) is 3.38. The lowest BCUT2D eigenvalue weighted by Gasteiger charge is -2.22. The predicted molar refractivity (Wildman–Crippen MR) is 86.1 cm³/mol. The number of alkyl halides is 2. The number of hydrogen-bond acceptors (Lipinski definition) is 5. The Bertz CT molecular complexity index is 555. The van der Waals surface area contributed by atoms with Gasteiger partial charge in [-0.3, -0.25) is 0 Å². The SMILES string of the molecule is O=C(NC1CC2CCC1C2)OCCCCCCCC(F)(F)S(=O)(=O)[O-]. The van der Waals surface area contributed by atoms with Gasteiger partial charge in [0.1, 0.15) is 0 Å². The average molecular weight is 382 g/mol. The summed E-state index contributed by atoms with van der Waals surface area (Å²) in [5, 5.41) is -1.27. The van der Waals surface area contributed by atoms with Crippen LogP contribution in [-0.4, -0.2) is 37.0 Å². The standard InChI is InChI=1S/C16H27F2NO5S/c17-16(18,25(21,22)23)8-4-2-1-3-5-9-24-15(20)19-14-11-12-6-7-13(14)10-12/h12-14H,1-11H2,(H,19,20)(H,21,22,23)/p-1. The van der Waals surface area contributed by atoms with Crippen molar-refractivity contribution >= 4 is 16.2 Å². The largest absolute Gasteiger partial charge is 0.743 e. The molecule has 6 nitrogen and oxygen atoms in total. The lowest BCUT2D eigenvalue weighted by Crippen LogP contribution is -2.38. The highest BCUT2D eigenvalue weighted by Gasteiger charge is 2.40. The maximum absolute atomic E-state index is 12.9. The first-order chi connectivity index (χ1) is 11.7. The van der Waals surface area contributed by atoms with Gasteiger partial charge in [0.15, 0.2) is 10.1 Å². The molecule has 1 N–H and O–H groups in total. The number of unbranched alkanes of at least 4 members (excludes halogenated alkanes) is 4. The molecule has 0 saturated heterocycles. The van der Waals surface area contributed by atoms with Gasteiger partial charge in [-0.25, -0.2) is 13.2 Å². The molecule has 2 bridgehead atoms. The molecule has 0 aromatic rings. The Morgan fingerprint density at radius 2 is 1.80 bits per heavy atom. The molecule has 3 atom stereocenters. The van der Waals surface area contributed by atoms with Crippen molar-refractivity contribution in [2.45, 2.75) is 75.5 Å². The number of rotatable bonds is 10. The van der Waals surface area contributed by atoms with Crippen molar-refractivity contribution in [3.8, 4) is 0 Å². The number of hydrogen-bond donors (Lipinski definition) is 1. The van der Waals surface area contributed by atoms with Gasteiger partial charge in [-0.05, 0) is 43.9 Å². The van der Waals surface area contributed by atoms with Gasteiger partial charge in [0.25, 0.3) is 0 Å². The molecule has 1 amide bonds. The molecule has 25 heavy (non-hydrogen) atoms. The minimum absolute atomic E-state index is 0.0277. The van der Waals surface area contributed by atoms with Gasteiger partial charge in [0, 0.05) is 12.5 Å². The lowest BCUT2D eigenvalue weighted by molar-refractivity contribution is 0.0670. The molecule has 2 aliphatic carbocycles. The van der Waals surface area contributed by atoms with Crippen LogP contribution in [0.4, 0.5) is 13.6 Å². The highest BCUT2D eigenvalue weighted by Crippen LogP contribution is 2.44. The lowest BCUT2D eigenvalue weighted by atomic mass is 9.96. The summed E-state index contributed by atoms with van der Waals surface area (Å²) in [5.74, 6) is 1.34. The van der Waals surface area contributed by atoms with E-state index in [4.69, 9.17) is 4.74 Å². The van der Waals surface area contributed by atoms with E-state index in [-0.39, 0.29) is 19.1 Å². The summed E-state index contributed by atoms with van der Waals surface area (Å²) in [4.78, 5) is 11.7. The summed E-state index contributed by atoms with van der Waals surface area (Å²) in [5.41, 5.74) is 0. The number of halogens is 2. The molecule has 0 aromatic carbocycles. The molecule has 2 rings (SSSR count). The van der Waals surface area contributed by atoms with Crippen molar-refractivity contribution in [1.29, 1.82) is 0 Å². The van der Waals surface area contributed by atoms with Crippen LogP contribution in [0.25, 0.3) is 0 Å². The van der Waals surface area contributed by atoms with Crippen LogP contribution >= 0.6 is 0 Å². The summed E-state index contributed by atoms with van der Waals surface area (Å²) < 4.78 is 61.9. The quantitative estimate of drug-likeness (QED) is 0.462. The molecule has 2 saturated carbocycles. The van der Waals surface area contributed by atoms with Gasteiger partial charge < -0.3 is 14.6 Å². The van der Waals surface area contributed by atoms with Gasteiger partial charge in [0.05, 0.1) is 6.61 Å². The molecule has 0 heterocycles. The number of alkyl carbamates (subject to hydrolysis) is 1. The Morgan fingerprint density at radius 1 is 1.12 bits per heavy atom. The van der Waals surface area contributed by atoms with Crippen LogP contribution in [0.1, 0.15) is 64.2 Å². The van der Waals surface area contributed by atoms with Crippen molar-refractivity contribution < 1.29 is 31.3 Å². The first-order valence-electron chi connectivity index (χ1n) is 8.95. The number of carbonyl (C=O) groups excluding carboxylic acids is 1. The topological polar surface area (TPSA) is 95.5 Å². The van der Waals surface area contributed by atoms with Crippen LogP contribution in [0.5, 0.6) is 0 Å². The molecule has 9 heteroatoms. The maximum Gasteiger partial charge on any atom is 0.407 e. The van der Waals surface area contributed by atoms with Gasteiger partial charge in [-0.15, -0.1) is 0 Å². The Hall–Kier alpha value is -0.960. The van der Waals surface area contributed by atoms with Gasteiger partial charge in [0.2, 0.25) is 0 Å². The first kappa shape index (κ1) is 20.4. The Balaban J connectivity index is 1.45. The fourth-order valence-electron chi connectivity index (χ4n) is 3.87. The normalized spacial score (nSPS) is 26.0. The van der Waals surface area contributed by atoms with Crippen LogP contribution in [0, 0.1) is 11.8 Å². The monoisotopic (exact) mass is 382 g/mol. The number of carbonyl (C=O) groups is 1. The highest BCUT2D eigenvalue weighted by atomic mass is 32.2. The first-order valence-corrected chi connectivity index (χ1v) is 10.4. The van der Waals surface area contributed by atoms with Gasteiger partial charge >= 0.3 is 11.3 Å². The minimum Gasteiger partial charge on any atom is -0.743 e. The average Bonchev–Trinajstić information content (AvgIpc) is 3.11. The summed E-state index contributed by atoms with van der Waals surface area (Å²) in [6, 6.07) is 0.241. The third-order valence-corrected chi connectivity index (χ3v) is 6.19. The fourth-order valence-corrected chi connectivity index (χ4v) is 4.26. The Labute approximate surface area is 147 Å². The fraction of sp³-hybridized carbons (Fsp3) is 0.938. The van der Waals surface area contributed by atoms with E-state index in [1.54, 1.807) is 0 Å². The summed E-state index contributed by atoms with van der Waals surface area (Å²) in [6.45, 7) is 0.276. The smallest absolute Gasteiger partial charge is 0.407 e. The van der Waals surface area contributed by atoms with E-state index in [1.807, 2.05) is 0 Å². The van der Waals surface area contributed by atoms with Crippen LogP contribution in [-0.2, 0) is 14.9 Å². The van der Waals surface area contributed by atoms with E-state index < -0.39 is 27.9 Å². The maximum atomic E-state index is 12.9. The second-order valence-corrected chi connectivity index (χ2v) is 8.68. The zero-order chi connectivity index (χ0) is 18.5. The van der Waals surface area contributed by atoms with E-state index in [1.165, 1.54) is 19.3 Å². The van der Waals surface area contributed by atoms with E-state index >= 15 is 0 Å². The van der Waals surface area contributed by atoms with Crippen LogP contribution < -0.4 is 5.32 Å². The summed E-state index contributed by atoms with van der Waals surface area (Å²) >= 11 is 0. The van der Waals surface area contributed by atoms with E-state index in [2.05, 4.69) is 5.32 Å².